The molecule has 2 aromatic rings. The van der Waals surface area contributed by atoms with E-state index in [1.807, 2.05) is 43.3 Å². The lowest BCUT2D eigenvalue weighted by molar-refractivity contribution is -0.112. The van der Waals surface area contributed by atoms with Gasteiger partial charge >= 0.3 is 0 Å². The molecule has 4 nitrogen and oxygen atoms in total. The first-order chi connectivity index (χ1) is 11.1. The zero-order valence-electron chi connectivity index (χ0n) is 12.5. The van der Waals surface area contributed by atoms with E-state index >= 15 is 0 Å². The lowest BCUT2D eigenvalue weighted by atomic mass is 10.1. The van der Waals surface area contributed by atoms with Gasteiger partial charge in [0.2, 0.25) is 0 Å². The predicted octanol–water partition coefficient (Wildman–Crippen LogP) is 4.24. The monoisotopic (exact) mass is 418 g/mol. The van der Waals surface area contributed by atoms with Crippen LogP contribution in [0, 0.1) is 14.9 Å². The van der Waals surface area contributed by atoms with E-state index in [2.05, 4.69) is 27.9 Å². The molecule has 0 saturated carbocycles. The highest BCUT2D eigenvalue weighted by molar-refractivity contribution is 14.1. The Hall–Kier alpha value is -2.33. The lowest BCUT2D eigenvalue weighted by Crippen LogP contribution is -2.13. The van der Waals surface area contributed by atoms with Crippen LogP contribution in [-0.2, 0) is 4.79 Å². The molecule has 0 bridgehead atoms. The molecule has 2 aromatic carbocycles. The van der Waals surface area contributed by atoms with Crippen LogP contribution in [0.15, 0.2) is 54.1 Å². The molecule has 0 atom stereocenters. The molecule has 0 aromatic heterocycles. The van der Waals surface area contributed by atoms with Gasteiger partial charge in [0, 0.05) is 15.3 Å². The zero-order valence-corrected chi connectivity index (χ0v) is 14.7. The van der Waals surface area contributed by atoms with E-state index in [1.165, 1.54) is 0 Å². The minimum Gasteiger partial charge on any atom is -0.494 e. The molecular weight excluding hydrogens is 403 g/mol. The second kappa shape index (κ2) is 8.34. The maximum atomic E-state index is 12.3. The summed E-state index contributed by atoms with van der Waals surface area (Å²) in [6, 6.07) is 16.6. The lowest BCUT2D eigenvalue weighted by Gasteiger charge is -2.07. The van der Waals surface area contributed by atoms with Gasteiger partial charge in [-0.15, -0.1) is 0 Å². The maximum Gasteiger partial charge on any atom is 0.266 e. The Morgan fingerprint density at radius 1 is 1.30 bits per heavy atom. The van der Waals surface area contributed by atoms with E-state index in [0.717, 1.165) is 9.13 Å². The summed E-state index contributed by atoms with van der Waals surface area (Å²) in [6.45, 7) is 2.44. The molecule has 0 fully saturated rings. The first-order valence-corrected chi connectivity index (χ1v) is 8.12. The normalized spacial score (nSPS) is 10.7. The van der Waals surface area contributed by atoms with Gasteiger partial charge in [0.25, 0.3) is 5.91 Å². The van der Waals surface area contributed by atoms with Crippen molar-refractivity contribution in [2.24, 2.45) is 0 Å². The molecule has 2 rings (SSSR count). The first-order valence-electron chi connectivity index (χ1n) is 7.04. The predicted molar refractivity (Wildman–Crippen MR) is 99.0 cm³/mol. The van der Waals surface area contributed by atoms with Crippen LogP contribution in [0.3, 0.4) is 0 Å². The molecule has 0 radical (unpaired) electrons. The molecule has 0 spiro atoms. The number of nitrogens with one attached hydrogen (secondary N) is 1. The van der Waals surface area contributed by atoms with Gasteiger partial charge < -0.3 is 10.1 Å². The molecule has 0 aliphatic heterocycles. The van der Waals surface area contributed by atoms with Crippen molar-refractivity contribution in [2.45, 2.75) is 6.92 Å². The number of ether oxygens (including phenoxy) is 1. The summed E-state index contributed by atoms with van der Waals surface area (Å²) in [6.07, 6.45) is 1.59. The number of carbonyl (C=O) groups is 1. The number of rotatable bonds is 5. The van der Waals surface area contributed by atoms with Crippen molar-refractivity contribution in [1.29, 1.82) is 5.26 Å². The minimum atomic E-state index is -0.444. The molecular formula is C18H15IN2O2. The summed E-state index contributed by atoms with van der Waals surface area (Å²) in [4.78, 5) is 12.3. The number of anilines is 1. The molecule has 0 heterocycles. The third-order valence-corrected chi connectivity index (χ3v) is 3.96. The van der Waals surface area contributed by atoms with Gasteiger partial charge in [-0.3, -0.25) is 4.79 Å². The van der Waals surface area contributed by atoms with Gasteiger partial charge in [-0.05, 0) is 59.4 Å². The minimum absolute atomic E-state index is 0.0518. The van der Waals surface area contributed by atoms with Crippen LogP contribution in [0.1, 0.15) is 12.5 Å². The fourth-order valence-electron chi connectivity index (χ4n) is 1.92. The van der Waals surface area contributed by atoms with Crippen molar-refractivity contribution in [1.82, 2.24) is 0 Å². The van der Waals surface area contributed by atoms with Crippen LogP contribution in [0.25, 0.3) is 6.08 Å². The number of halogens is 1. The molecule has 0 unspecified atom stereocenters. The van der Waals surface area contributed by atoms with Crippen molar-refractivity contribution in [3.8, 4) is 11.8 Å². The van der Waals surface area contributed by atoms with Gasteiger partial charge in [-0.2, -0.15) is 5.26 Å². The van der Waals surface area contributed by atoms with E-state index in [1.54, 1.807) is 24.3 Å². The maximum absolute atomic E-state index is 12.3. The standard InChI is InChI=1S/C18H15IN2O2/c1-2-23-16-8-5-7-15(11-16)21-18(22)14(12-20)10-13-6-3-4-9-17(13)19/h3-11H,2H2,1H3,(H,21,22)/b14-10-. The Labute approximate surface area is 148 Å². The Morgan fingerprint density at radius 3 is 2.78 bits per heavy atom. The molecule has 0 saturated heterocycles. The third kappa shape index (κ3) is 4.83. The highest BCUT2D eigenvalue weighted by Crippen LogP contribution is 2.19. The van der Waals surface area contributed by atoms with Crippen LogP contribution in [0.4, 0.5) is 5.69 Å². The van der Waals surface area contributed by atoms with Crippen molar-refractivity contribution in [3.05, 3.63) is 63.2 Å². The van der Waals surface area contributed by atoms with Crippen LogP contribution < -0.4 is 10.1 Å². The summed E-state index contributed by atoms with van der Waals surface area (Å²) >= 11 is 2.17. The van der Waals surface area contributed by atoms with E-state index < -0.39 is 5.91 Å². The van der Waals surface area contributed by atoms with Crippen molar-refractivity contribution < 1.29 is 9.53 Å². The number of benzene rings is 2. The van der Waals surface area contributed by atoms with Gasteiger partial charge in [0.1, 0.15) is 17.4 Å². The van der Waals surface area contributed by atoms with E-state index in [9.17, 15) is 10.1 Å². The Balaban J connectivity index is 2.20. The number of nitriles is 1. The number of nitrogens with zero attached hydrogens (tertiary/aromatic N) is 1. The molecule has 23 heavy (non-hydrogen) atoms. The SMILES string of the molecule is CCOc1cccc(NC(=O)/C(C#N)=C\c2ccccc2I)c1. The second-order valence-electron chi connectivity index (χ2n) is 4.61. The third-order valence-electron chi connectivity index (χ3n) is 2.97. The number of hydrogen-bond donors (Lipinski definition) is 1. The summed E-state index contributed by atoms with van der Waals surface area (Å²) in [5.74, 6) is 0.228. The van der Waals surface area contributed by atoms with Crippen molar-refractivity contribution in [3.63, 3.8) is 0 Å². The van der Waals surface area contributed by atoms with Gasteiger partial charge in [-0.1, -0.05) is 24.3 Å². The number of amides is 1. The highest BCUT2D eigenvalue weighted by Gasteiger charge is 2.10. The molecule has 116 valence electrons. The Morgan fingerprint density at radius 2 is 2.09 bits per heavy atom. The summed E-state index contributed by atoms with van der Waals surface area (Å²) in [5, 5.41) is 12.0. The molecule has 1 N–H and O–H groups in total. The summed E-state index contributed by atoms with van der Waals surface area (Å²) in [5.41, 5.74) is 1.48. The van der Waals surface area contributed by atoms with Crippen LogP contribution in [0.2, 0.25) is 0 Å². The average Bonchev–Trinajstić information content (AvgIpc) is 2.54. The zero-order chi connectivity index (χ0) is 16.7. The largest absolute Gasteiger partial charge is 0.494 e. The van der Waals surface area contributed by atoms with Crippen molar-refractivity contribution in [2.75, 3.05) is 11.9 Å². The van der Waals surface area contributed by atoms with E-state index in [-0.39, 0.29) is 5.57 Å². The molecule has 1 amide bonds. The van der Waals surface area contributed by atoms with Crippen molar-refractivity contribution >= 4 is 40.3 Å². The quantitative estimate of drug-likeness (QED) is 0.449. The van der Waals surface area contributed by atoms with Crippen LogP contribution >= 0.6 is 22.6 Å². The summed E-state index contributed by atoms with van der Waals surface area (Å²) < 4.78 is 6.37. The molecule has 5 heteroatoms. The Kier molecular flexibility index (Phi) is 6.18. The fourth-order valence-corrected chi connectivity index (χ4v) is 2.47. The highest BCUT2D eigenvalue weighted by atomic mass is 127. The van der Waals surface area contributed by atoms with E-state index in [4.69, 9.17) is 4.74 Å². The van der Waals surface area contributed by atoms with Crippen LogP contribution in [-0.4, -0.2) is 12.5 Å². The molecule has 0 aliphatic carbocycles. The topological polar surface area (TPSA) is 62.1 Å². The average molecular weight is 418 g/mol. The smallest absolute Gasteiger partial charge is 0.266 e. The van der Waals surface area contributed by atoms with Gasteiger partial charge in [0.05, 0.1) is 6.61 Å². The fraction of sp³-hybridized carbons (Fsp3) is 0.111. The number of carbonyl (C=O) groups excluding carboxylic acids is 1. The molecule has 0 aliphatic rings. The first kappa shape index (κ1) is 17.0. The van der Waals surface area contributed by atoms with Gasteiger partial charge in [0.15, 0.2) is 0 Å². The van der Waals surface area contributed by atoms with Gasteiger partial charge in [-0.25, -0.2) is 0 Å². The summed E-state index contributed by atoms with van der Waals surface area (Å²) in [7, 11) is 0. The Bertz CT molecular complexity index is 779. The van der Waals surface area contributed by atoms with Crippen LogP contribution in [0.5, 0.6) is 5.75 Å². The number of hydrogen-bond acceptors (Lipinski definition) is 3. The second-order valence-corrected chi connectivity index (χ2v) is 5.77. The van der Waals surface area contributed by atoms with E-state index in [0.29, 0.717) is 18.0 Å².